The molecule has 2 rings (SSSR count). The maximum Gasteiger partial charge on any atom is 0.149 e. The fourth-order valence-corrected chi connectivity index (χ4v) is 2.12. The van der Waals surface area contributed by atoms with E-state index in [9.17, 15) is 0 Å². The lowest BCUT2D eigenvalue weighted by Crippen LogP contribution is -2.36. The predicted octanol–water partition coefficient (Wildman–Crippen LogP) is 2.71. The second-order valence-corrected chi connectivity index (χ2v) is 5.30. The summed E-state index contributed by atoms with van der Waals surface area (Å²) < 4.78 is 0. The Morgan fingerprint density at radius 2 is 1.95 bits per heavy atom. The molecule has 0 saturated carbocycles. The lowest BCUT2D eigenvalue weighted by molar-refractivity contribution is 0.303. The minimum Gasteiger partial charge on any atom is -0.367 e. The molecule has 0 saturated heterocycles. The first kappa shape index (κ1) is 14.8. The number of aromatic nitrogens is 2. The Morgan fingerprint density at radius 1 is 1.20 bits per heavy atom. The van der Waals surface area contributed by atoms with Crippen molar-refractivity contribution in [2.24, 2.45) is 0 Å². The molecule has 2 aromatic rings. The van der Waals surface area contributed by atoms with Crippen LogP contribution in [0.4, 0.5) is 5.82 Å². The van der Waals surface area contributed by atoms with E-state index >= 15 is 0 Å². The first-order valence-electron chi connectivity index (χ1n) is 6.57. The third-order valence-corrected chi connectivity index (χ3v) is 3.35. The van der Waals surface area contributed by atoms with E-state index in [2.05, 4.69) is 58.5 Å². The Balaban J connectivity index is 1.96. The van der Waals surface area contributed by atoms with Crippen LogP contribution < -0.4 is 5.32 Å². The topological polar surface area (TPSA) is 41.0 Å². The van der Waals surface area contributed by atoms with E-state index in [1.165, 1.54) is 11.8 Å². The van der Waals surface area contributed by atoms with Gasteiger partial charge in [-0.15, -0.1) is 0 Å². The van der Waals surface area contributed by atoms with Gasteiger partial charge in [0.05, 0.1) is 12.4 Å². The van der Waals surface area contributed by atoms with E-state index < -0.39 is 0 Å². The van der Waals surface area contributed by atoms with Crippen LogP contribution in [-0.4, -0.2) is 41.5 Å². The zero-order valence-corrected chi connectivity index (χ0v) is 12.5. The minimum absolute atomic E-state index is 0.373. The van der Waals surface area contributed by atoms with Crippen LogP contribution in [0.3, 0.4) is 0 Å². The summed E-state index contributed by atoms with van der Waals surface area (Å²) in [6.45, 7) is 0.789. The molecule has 1 N–H and O–H groups in total. The molecule has 1 unspecified atom stereocenters. The molecule has 4 nitrogen and oxygen atoms in total. The van der Waals surface area contributed by atoms with Crippen molar-refractivity contribution in [2.45, 2.75) is 12.5 Å². The highest BCUT2D eigenvalue weighted by Gasteiger charge is 2.12. The van der Waals surface area contributed by atoms with Gasteiger partial charge in [-0.2, -0.15) is 0 Å². The summed E-state index contributed by atoms with van der Waals surface area (Å²) in [5, 5.41) is 3.69. The number of likely N-dealkylation sites (N-methyl/N-ethyl adjacent to an activating group) is 1. The number of halogens is 1. The van der Waals surface area contributed by atoms with Gasteiger partial charge in [0.1, 0.15) is 11.0 Å². The number of anilines is 1. The average molecular weight is 291 g/mol. The van der Waals surface area contributed by atoms with E-state index in [1.54, 1.807) is 6.20 Å². The Labute approximate surface area is 124 Å². The van der Waals surface area contributed by atoms with Crippen LogP contribution in [0.1, 0.15) is 5.56 Å². The fourth-order valence-electron chi connectivity index (χ4n) is 1.97. The van der Waals surface area contributed by atoms with Crippen LogP contribution in [0, 0.1) is 0 Å². The maximum atomic E-state index is 5.83. The molecule has 0 fully saturated rings. The smallest absolute Gasteiger partial charge is 0.149 e. The maximum absolute atomic E-state index is 5.83. The number of hydrogen-bond donors (Lipinski definition) is 1. The predicted molar refractivity (Wildman–Crippen MR) is 83.2 cm³/mol. The van der Waals surface area contributed by atoms with Crippen LogP contribution in [0.2, 0.25) is 5.15 Å². The van der Waals surface area contributed by atoms with Crippen molar-refractivity contribution in [3.05, 3.63) is 53.4 Å². The molecule has 1 aromatic heterocycles. The van der Waals surface area contributed by atoms with Gasteiger partial charge in [0.15, 0.2) is 0 Å². The number of nitrogens with one attached hydrogen (secondary N) is 1. The number of nitrogens with zero attached hydrogens (tertiary/aromatic N) is 3. The summed E-state index contributed by atoms with van der Waals surface area (Å²) in [4.78, 5) is 10.4. The van der Waals surface area contributed by atoms with Crippen molar-refractivity contribution >= 4 is 17.4 Å². The van der Waals surface area contributed by atoms with Gasteiger partial charge in [-0.1, -0.05) is 41.9 Å². The standard InChI is InChI=1S/C15H19ClN4/c1-20(2)13(8-12-6-4-3-5-7-12)9-18-15-11-17-10-14(16)19-15/h3-7,10-11,13H,8-9H2,1-2H3,(H,18,19). The van der Waals surface area contributed by atoms with Crippen molar-refractivity contribution in [2.75, 3.05) is 26.0 Å². The summed E-state index contributed by atoms with van der Waals surface area (Å²) >= 11 is 5.83. The highest BCUT2D eigenvalue weighted by atomic mass is 35.5. The second-order valence-electron chi connectivity index (χ2n) is 4.92. The van der Waals surface area contributed by atoms with Crippen molar-refractivity contribution in [1.82, 2.24) is 14.9 Å². The number of hydrogen-bond acceptors (Lipinski definition) is 4. The van der Waals surface area contributed by atoms with Crippen molar-refractivity contribution < 1.29 is 0 Å². The van der Waals surface area contributed by atoms with Crippen LogP contribution >= 0.6 is 11.6 Å². The first-order chi connectivity index (χ1) is 9.65. The third kappa shape index (κ3) is 4.47. The van der Waals surface area contributed by atoms with Gasteiger partial charge in [-0.25, -0.2) is 4.98 Å². The molecule has 5 heteroatoms. The molecule has 0 aliphatic rings. The van der Waals surface area contributed by atoms with Gasteiger partial charge >= 0.3 is 0 Å². The zero-order valence-electron chi connectivity index (χ0n) is 11.8. The monoisotopic (exact) mass is 290 g/mol. The average Bonchev–Trinajstić information content (AvgIpc) is 2.44. The zero-order chi connectivity index (χ0) is 14.4. The molecule has 0 spiro atoms. The third-order valence-electron chi connectivity index (χ3n) is 3.17. The Kier molecular flexibility index (Phi) is 5.32. The van der Waals surface area contributed by atoms with Crippen LogP contribution in [0.25, 0.3) is 0 Å². The van der Waals surface area contributed by atoms with Crippen molar-refractivity contribution in [3.8, 4) is 0 Å². The fraction of sp³-hybridized carbons (Fsp3) is 0.333. The summed E-state index contributed by atoms with van der Waals surface area (Å²) in [7, 11) is 4.16. The van der Waals surface area contributed by atoms with Gasteiger partial charge in [-0.05, 0) is 26.1 Å². The van der Waals surface area contributed by atoms with Crippen LogP contribution in [0.15, 0.2) is 42.7 Å². The largest absolute Gasteiger partial charge is 0.367 e. The molecule has 1 aromatic carbocycles. The molecule has 0 amide bonds. The Morgan fingerprint density at radius 3 is 2.60 bits per heavy atom. The second kappa shape index (κ2) is 7.22. The summed E-state index contributed by atoms with van der Waals surface area (Å²) in [6.07, 6.45) is 4.19. The van der Waals surface area contributed by atoms with Gasteiger partial charge in [0, 0.05) is 12.6 Å². The summed E-state index contributed by atoms with van der Waals surface area (Å²) in [5.74, 6) is 0.706. The van der Waals surface area contributed by atoms with Gasteiger partial charge in [-0.3, -0.25) is 4.98 Å². The SMILES string of the molecule is CN(C)C(CNc1cncc(Cl)n1)Cc1ccccc1. The number of benzene rings is 1. The van der Waals surface area contributed by atoms with Gasteiger partial charge < -0.3 is 10.2 Å². The molecule has 0 aliphatic carbocycles. The van der Waals surface area contributed by atoms with Gasteiger partial charge in [0.25, 0.3) is 0 Å². The number of rotatable bonds is 6. The quantitative estimate of drug-likeness (QED) is 0.888. The molecule has 106 valence electrons. The highest BCUT2D eigenvalue weighted by molar-refractivity contribution is 6.29. The van der Waals surface area contributed by atoms with Crippen LogP contribution in [0.5, 0.6) is 0 Å². The molecule has 1 atom stereocenters. The minimum atomic E-state index is 0.373. The van der Waals surface area contributed by atoms with Crippen molar-refractivity contribution in [3.63, 3.8) is 0 Å². The Bertz CT molecular complexity index is 530. The lowest BCUT2D eigenvalue weighted by Gasteiger charge is -2.25. The molecule has 0 bridgehead atoms. The van der Waals surface area contributed by atoms with E-state index in [1.807, 2.05) is 6.07 Å². The highest BCUT2D eigenvalue weighted by Crippen LogP contribution is 2.10. The molecule has 0 aliphatic heterocycles. The van der Waals surface area contributed by atoms with E-state index in [4.69, 9.17) is 11.6 Å². The van der Waals surface area contributed by atoms with E-state index in [-0.39, 0.29) is 0 Å². The molecule has 1 heterocycles. The Hall–Kier alpha value is -1.65. The summed E-state index contributed by atoms with van der Waals surface area (Å²) in [5.41, 5.74) is 1.32. The van der Waals surface area contributed by atoms with Crippen molar-refractivity contribution in [1.29, 1.82) is 0 Å². The summed E-state index contributed by atoms with van der Waals surface area (Å²) in [6, 6.07) is 10.8. The van der Waals surface area contributed by atoms with Crippen LogP contribution in [-0.2, 0) is 6.42 Å². The molecular formula is C15H19ClN4. The first-order valence-corrected chi connectivity index (χ1v) is 6.94. The molecular weight excluding hydrogens is 272 g/mol. The van der Waals surface area contributed by atoms with E-state index in [0.29, 0.717) is 17.0 Å². The normalized spacial score (nSPS) is 12.4. The molecule has 0 radical (unpaired) electrons. The molecule has 20 heavy (non-hydrogen) atoms. The van der Waals surface area contributed by atoms with Gasteiger partial charge in [0.2, 0.25) is 0 Å². The van der Waals surface area contributed by atoms with E-state index in [0.717, 1.165) is 13.0 Å². The lowest BCUT2D eigenvalue weighted by atomic mass is 10.1.